The zero-order valence-corrected chi connectivity index (χ0v) is 21.4. The van der Waals surface area contributed by atoms with E-state index in [4.69, 9.17) is 13.9 Å². The first-order valence-electron chi connectivity index (χ1n) is 13.1. The fourth-order valence-electron chi connectivity index (χ4n) is 5.53. The summed E-state index contributed by atoms with van der Waals surface area (Å²) >= 11 is 0. The molecule has 0 spiro atoms. The smallest absolute Gasteiger partial charge is 0.416 e. The topological polar surface area (TPSA) is 69.7 Å². The summed E-state index contributed by atoms with van der Waals surface area (Å²) in [6.45, 7) is 1.59. The van der Waals surface area contributed by atoms with Gasteiger partial charge in [-0.3, -0.25) is 4.79 Å². The Morgan fingerprint density at radius 2 is 1.79 bits per heavy atom. The predicted molar refractivity (Wildman–Crippen MR) is 138 cm³/mol. The lowest BCUT2D eigenvalue weighted by Gasteiger charge is -2.33. The van der Waals surface area contributed by atoms with Crippen molar-refractivity contribution in [2.24, 2.45) is 0 Å². The number of halogens is 3. The number of furan rings is 1. The summed E-state index contributed by atoms with van der Waals surface area (Å²) in [6.07, 6.45) is -1.73. The van der Waals surface area contributed by atoms with Crippen LogP contribution in [0.4, 0.5) is 13.2 Å². The number of benzene rings is 2. The van der Waals surface area contributed by atoms with E-state index in [1.807, 2.05) is 28.8 Å². The second-order valence-corrected chi connectivity index (χ2v) is 9.96. The Morgan fingerprint density at radius 1 is 1.03 bits per heavy atom. The number of piperidine rings is 1. The number of aromatic nitrogens is 2. The number of hydrogen-bond donors (Lipinski definition) is 0. The molecule has 204 valence electrons. The van der Waals surface area contributed by atoms with Gasteiger partial charge in [-0.15, -0.1) is 0 Å². The maximum absolute atomic E-state index is 13.4. The van der Waals surface area contributed by atoms with Gasteiger partial charge < -0.3 is 23.4 Å². The number of alkyl halides is 3. The van der Waals surface area contributed by atoms with E-state index >= 15 is 0 Å². The van der Waals surface area contributed by atoms with Crippen molar-refractivity contribution >= 4 is 16.9 Å². The van der Waals surface area contributed by atoms with E-state index in [9.17, 15) is 18.0 Å². The van der Waals surface area contributed by atoms with Crippen LogP contribution in [0, 0.1) is 0 Å². The van der Waals surface area contributed by atoms with Gasteiger partial charge in [0, 0.05) is 31.3 Å². The minimum atomic E-state index is -4.44. The van der Waals surface area contributed by atoms with Crippen molar-refractivity contribution in [2.75, 3.05) is 26.8 Å². The molecule has 4 heterocycles. The number of carbonyl (C=O) groups excluding carboxylic acids is 1. The second kappa shape index (κ2) is 10.1. The summed E-state index contributed by atoms with van der Waals surface area (Å²) in [7, 11) is 1.60. The Kier molecular flexibility index (Phi) is 6.58. The van der Waals surface area contributed by atoms with Crippen molar-refractivity contribution in [3.05, 3.63) is 71.7 Å². The van der Waals surface area contributed by atoms with Gasteiger partial charge in [0.2, 0.25) is 0 Å². The molecule has 2 fully saturated rings. The molecule has 0 aliphatic carbocycles. The summed E-state index contributed by atoms with van der Waals surface area (Å²) in [5.41, 5.74) is 1.10. The van der Waals surface area contributed by atoms with Crippen LogP contribution in [-0.4, -0.2) is 47.2 Å². The number of ether oxygens (including phenoxy) is 2. The highest BCUT2D eigenvalue weighted by Gasteiger charge is 2.34. The van der Waals surface area contributed by atoms with Gasteiger partial charge in [-0.05, 0) is 80.3 Å². The minimum absolute atomic E-state index is 0.0125. The van der Waals surface area contributed by atoms with E-state index in [1.165, 1.54) is 6.07 Å². The molecule has 0 unspecified atom stereocenters. The molecular formula is C29H28F3N3O4. The highest BCUT2D eigenvalue weighted by Crippen LogP contribution is 2.38. The van der Waals surface area contributed by atoms with Crippen LogP contribution in [0.25, 0.3) is 22.4 Å². The molecule has 1 atom stereocenters. The van der Waals surface area contributed by atoms with Crippen LogP contribution >= 0.6 is 0 Å². The van der Waals surface area contributed by atoms with Crippen LogP contribution in [-0.2, 0) is 10.9 Å². The van der Waals surface area contributed by atoms with E-state index < -0.39 is 11.7 Å². The molecule has 2 aromatic carbocycles. The Hall–Kier alpha value is -3.79. The SMILES string of the molecule is COc1ccc(-c2ccc(C(=O)N3CCC(n4c([C@H]5CCCO5)nc5cc(C(F)(F)F)ccc54)CC3)o2)cc1. The van der Waals surface area contributed by atoms with Crippen LogP contribution in [0.15, 0.2) is 59.0 Å². The molecule has 0 N–H and O–H groups in total. The van der Waals surface area contributed by atoms with E-state index in [0.717, 1.165) is 36.3 Å². The summed E-state index contributed by atoms with van der Waals surface area (Å²) < 4.78 is 59.1. The fraction of sp³-hybridized carbons (Fsp3) is 0.379. The first-order valence-corrected chi connectivity index (χ1v) is 13.1. The van der Waals surface area contributed by atoms with Crippen LogP contribution in [0.5, 0.6) is 5.75 Å². The minimum Gasteiger partial charge on any atom is -0.497 e. The molecule has 1 amide bonds. The normalized spacial score (nSPS) is 18.7. The number of methoxy groups -OCH3 is 1. The molecule has 0 saturated carbocycles. The molecule has 2 saturated heterocycles. The van der Waals surface area contributed by atoms with E-state index in [0.29, 0.717) is 55.2 Å². The molecule has 10 heteroatoms. The molecule has 7 nitrogen and oxygen atoms in total. The molecular weight excluding hydrogens is 511 g/mol. The summed E-state index contributed by atoms with van der Waals surface area (Å²) in [5, 5.41) is 0. The third-order valence-electron chi connectivity index (χ3n) is 7.57. The van der Waals surface area contributed by atoms with E-state index in [-0.39, 0.29) is 23.8 Å². The van der Waals surface area contributed by atoms with Gasteiger partial charge in [-0.1, -0.05) is 0 Å². The molecule has 6 rings (SSSR count). The fourth-order valence-corrected chi connectivity index (χ4v) is 5.53. The molecule has 2 aromatic heterocycles. The van der Waals surface area contributed by atoms with Gasteiger partial charge in [-0.2, -0.15) is 13.2 Å². The number of hydrogen-bond acceptors (Lipinski definition) is 5. The summed E-state index contributed by atoms with van der Waals surface area (Å²) in [5.74, 6) is 2.09. The first kappa shape index (κ1) is 25.5. The quantitative estimate of drug-likeness (QED) is 0.284. The summed E-state index contributed by atoms with van der Waals surface area (Å²) in [4.78, 5) is 19.6. The average molecular weight is 540 g/mol. The van der Waals surface area contributed by atoms with Crippen LogP contribution in [0.3, 0.4) is 0 Å². The summed E-state index contributed by atoms with van der Waals surface area (Å²) in [6, 6.07) is 14.6. The highest BCUT2D eigenvalue weighted by molar-refractivity contribution is 5.92. The third-order valence-corrected chi connectivity index (χ3v) is 7.57. The standard InChI is InChI=1S/C29H28F3N3O4/c1-37-21-7-4-18(5-8-21)24-10-11-26(39-24)28(36)34-14-12-20(13-15-34)35-23-9-6-19(29(30,31)32)17-22(23)33-27(35)25-3-2-16-38-25/h4-11,17,20,25H,2-3,12-16H2,1H3/t25-/m1/s1. The number of rotatable bonds is 5. The highest BCUT2D eigenvalue weighted by atomic mass is 19.4. The molecule has 0 radical (unpaired) electrons. The number of likely N-dealkylation sites (tertiary alicyclic amines) is 1. The van der Waals surface area contributed by atoms with Gasteiger partial charge in [0.15, 0.2) is 5.76 Å². The molecule has 0 bridgehead atoms. The lowest BCUT2D eigenvalue weighted by Crippen LogP contribution is -2.39. The van der Waals surface area contributed by atoms with Crippen molar-refractivity contribution in [3.63, 3.8) is 0 Å². The maximum Gasteiger partial charge on any atom is 0.416 e. The molecule has 2 aliphatic heterocycles. The van der Waals surface area contributed by atoms with Crippen molar-refractivity contribution in [1.82, 2.24) is 14.5 Å². The van der Waals surface area contributed by atoms with Gasteiger partial charge in [0.25, 0.3) is 5.91 Å². The predicted octanol–water partition coefficient (Wildman–Crippen LogP) is 6.65. The third kappa shape index (κ3) is 4.89. The number of imidazole rings is 1. The van der Waals surface area contributed by atoms with Gasteiger partial charge in [0.05, 0.1) is 23.7 Å². The molecule has 39 heavy (non-hydrogen) atoms. The largest absolute Gasteiger partial charge is 0.497 e. The van der Waals surface area contributed by atoms with Crippen molar-refractivity contribution in [2.45, 2.75) is 44.0 Å². The number of nitrogens with zero attached hydrogens (tertiary/aromatic N) is 3. The second-order valence-electron chi connectivity index (χ2n) is 9.96. The average Bonchev–Trinajstić information content (AvgIpc) is 3.72. The monoisotopic (exact) mass is 539 g/mol. The zero-order valence-electron chi connectivity index (χ0n) is 21.4. The number of amides is 1. The van der Waals surface area contributed by atoms with Crippen LogP contribution in [0.1, 0.15) is 59.8 Å². The zero-order chi connectivity index (χ0) is 27.1. The Balaban J connectivity index is 1.21. The number of carbonyl (C=O) groups is 1. The maximum atomic E-state index is 13.4. The lowest BCUT2D eigenvalue weighted by atomic mass is 10.0. The Bertz CT molecular complexity index is 1480. The van der Waals surface area contributed by atoms with Crippen LogP contribution < -0.4 is 4.74 Å². The van der Waals surface area contributed by atoms with Crippen molar-refractivity contribution in [1.29, 1.82) is 0 Å². The molecule has 4 aromatic rings. The van der Waals surface area contributed by atoms with Gasteiger partial charge >= 0.3 is 6.18 Å². The molecule has 2 aliphatic rings. The van der Waals surface area contributed by atoms with Crippen LogP contribution in [0.2, 0.25) is 0 Å². The first-order chi connectivity index (χ1) is 18.8. The number of fused-ring (bicyclic) bond motifs is 1. The van der Waals surface area contributed by atoms with Gasteiger partial charge in [0.1, 0.15) is 23.4 Å². The van der Waals surface area contributed by atoms with Gasteiger partial charge in [-0.25, -0.2) is 4.98 Å². The van der Waals surface area contributed by atoms with Crippen molar-refractivity contribution < 1.29 is 31.9 Å². The van der Waals surface area contributed by atoms with E-state index in [1.54, 1.807) is 24.1 Å². The Labute approximate surface area is 223 Å². The lowest BCUT2D eigenvalue weighted by molar-refractivity contribution is -0.137. The van der Waals surface area contributed by atoms with Crippen molar-refractivity contribution in [3.8, 4) is 17.1 Å². The van der Waals surface area contributed by atoms with E-state index in [2.05, 4.69) is 4.98 Å². The Morgan fingerprint density at radius 3 is 2.46 bits per heavy atom.